The zero-order valence-electron chi connectivity index (χ0n) is 12.1. The standard InChI is InChI=1S/C14H18N4O3/c1-17(9-3-5-21-6-4-9)12-10-8-16-18(2)13(10)15-7-11(12)14(19)20/h7-9H,3-6H2,1-2H3,(H,19,20). The molecule has 2 aromatic rings. The summed E-state index contributed by atoms with van der Waals surface area (Å²) >= 11 is 0. The van der Waals surface area contributed by atoms with Crippen molar-refractivity contribution in [3.63, 3.8) is 0 Å². The molecule has 3 rings (SSSR count). The van der Waals surface area contributed by atoms with Crippen LogP contribution in [0.5, 0.6) is 0 Å². The second-order valence-corrected chi connectivity index (χ2v) is 5.29. The minimum atomic E-state index is -0.970. The minimum Gasteiger partial charge on any atom is -0.478 e. The minimum absolute atomic E-state index is 0.212. The number of pyridine rings is 1. The van der Waals surface area contributed by atoms with Gasteiger partial charge in [-0.3, -0.25) is 4.68 Å². The lowest BCUT2D eigenvalue weighted by Crippen LogP contribution is -2.37. The van der Waals surface area contributed by atoms with E-state index in [2.05, 4.69) is 10.1 Å². The molecule has 7 heteroatoms. The van der Waals surface area contributed by atoms with E-state index in [9.17, 15) is 9.90 Å². The predicted octanol–water partition coefficient (Wildman–Crippen LogP) is 1.28. The fourth-order valence-corrected chi connectivity index (χ4v) is 2.87. The summed E-state index contributed by atoms with van der Waals surface area (Å²) in [5.74, 6) is -0.970. The smallest absolute Gasteiger partial charge is 0.339 e. The van der Waals surface area contributed by atoms with Crippen LogP contribution in [-0.2, 0) is 11.8 Å². The number of nitrogens with zero attached hydrogens (tertiary/aromatic N) is 4. The molecule has 21 heavy (non-hydrogen) atoms. The maximum atomic E-state index is 11.5. The summed E-state index contributed by atoms with van der Waals surface area (Å²) in [7, 11) is 3.73. The maximum Gasteiger partial charge on any atom is 0.339 e. The van der Waals surface area contributed by atoms with Gasteiger partial charge in [0.1, 0.15) is 5.56 Å². The quantitative estimate of drug-likeness (QED) is 0.917. The van der Waals surface area contributed by atoms with Crippen molar-refractivity contribution >= 4 is 22.7 Å². The number of anilines is 1. The lowest BCUT2D eigenvalue weighted by Gasteiger charge is -2.33. The van der Waals surface area contributed by atoms with Gasteiger partial charge in [-0.15, -0.1) is 0 Å². The lowest BCUT2D eigenvalue weighted by atomic mass is 10.0. The number of hydrogen-bond acceptors (Lipinski definition) is 5. The molecule has 0 atom stereocenters. The Morgan fingerprint density at radius 1 is 1.43 bits per heavy atom. The van der Waals surface area contributed by atoms with Gasteiger partial charge >= 0.3 is 5.97 Å². The number of aryl methyl sites for hydroxylation is 1. The van der Waals surface area contributed by atoms with Gasteiger partial charge in [0.15, 0.2) is 5.65 Å². The van der Waals surface area contributed by atoms with Crippen molar-refractivity contribution < 1.29 is 14.6 Å². The first kappa shape index (κ1) is 13.8. The topological polar surface area (TPSA) is 80.5 Å². The summed E-state index contributed by atoms with van der Waals surface area (Å²) in [6.07, 6.45) is 4.87. The fraction of sp³-hybridized carbons (Fsp3) is 0.500. The molecule has 1 N–H and O–H groups in total. The molecule has 0 bridgehead atoms. The van der Waals surface area contributed by atoms with E-state index in [0.717, 1.165) is 18.2 Å². The van der Waals surface area contributed by atoms with Gasteiger partial charge in [0.05, 0.1) is 17.3 Å². The molecule has 0 unspecified atom stereocenters. The first-order chi connectivity index (χ1) is 10.1. The number of aromatic nitrogens is 3. The third-order valence-corrected chi connectivity index (χ3v) is 4.06. The van der Waals surface area contributed by atoms with E-state index in [4.69, 9.17) is 4.74 Å². The number of aromatic carboxylic acids is 1. The van der Waals surface area contributed by atoms with Gasteiger partial charge in [-0.2, -0.15) is 5.10 Å². The molecule has 0 aromatic carbocycles. The monoisotopic (exact) mass is 290 g/mol. The van der Waals surface area contributed by atoms with Gasteiger partial charge in [-0.25, -0.2) is 9.78 Å². The van der Waals surface area contributed by atoms with Crippen LogP contribution in [0.3, 0.4) is 0 Å². The van der Waals surface area contributed by atoms with Crippen LogP contribution in [0.4, 0.5) is 5.69 Å². The molecule has 2 aromatic heterocycles. The van der Waals surface area contributed by atoms with Crippen LogP contribution in [0.15, 0.2) is 12.4 Å². The number of rotatable bonds is 3. The largest absolute Gasteiger partial charge is 0.478 e. The number of fused-ring (bicyclic) bond motifs is 1. The average Bonchev–Trinajstić information content (AvgIpc) is 2.88. The second-order valence-electron chi connectivity index (χ2n) is 5.29. The van der Waals surface area contributed by atoms with Gasteiger partial charge in [0.2, 0.25) is 0 Å². The normalized spacial score (nSPS) is 16.3. The van der Waals surface area contributed by atoms with Gasteiger partial charge in [-0.05, 0) is 12.8 Å². The van der Waals surface area contributed by atoms with Crippen molar-refractivity contribution in [3.8, 4) is 0 Å². The third kappa shape index (κ3) is 2.33. The molecule has 1 aliphatic rings. The van der Waals surface area contributed by atoms with E-state index < -0.39 is 5.97 Å². The third-order valence-electron chi connectivity index (χ3n) is 4.06. The van der Waals surface area contributed by atoms with E-state index in [-0.39, 0.29) is 11.6 Å². The van der Waals surface area contributed by atoms with E-state index in [1.165, 1.54) is 6.20 Å². The summed E-state index contributed by atoms with van der Waals surface area (Å²) < 4.78 is 7.04. The summed E-state index contributed by atoms with van der Waals surface area (Å²) in [5.41, 5.74) is 1.59. The van der Waals surface area contributed by atoms with Crippen molar-refractivity contribution in [3.05, 3.63) is 18.0 Å². The Morgan fingerprint density at radius 2 is 2.14 bits per heavy atom. The predicted molar refractivity (Wildman–Crippen MR) is 77.7 cm³/mol. The molecule has 0 aliphatic carbocycles. The number of carbonyl (C=O) groups is 1. The van der Waals surface area contributed by atoms with Crippen molar-refractivity contribution in [1.29, 1.82) is 0 Å². The highest BCUT2D eigenvalue weighted by Crippen LogP contribution is 2.31. The molecule has 1 aliphatic heterocycles. The van der Waals surface area contributed by atoms with Gasteiger partial charge in [0.25, 0.3) is 0 Å². The average molecular weight is 290 g/mol. The number of ether oxygens (including phenoxy) is 1. The SMILES string of the molecule is CN(c1c(C(=O)O)cnc2c1cnn2C)C1CCOCC1. The van der Waals surface area contributed by atoms with Crippen LogP contribution < -0.4 is 4.90 Å². The van der Waals surface area contributed by atoms with Crippen LogP contribution in [0.2, 0.25) is 0 Å². The zero-order chi connectivity index (χ0) is 15.0. The Morgan fingerprint density at radius 3 is 2.81 bits per heavy atom. The highest BCUT2D eigenvalue weighted by molar-refractivity contribution is 6.03. The number of hydrogen-bond donors (Lipinski definition) is 1. The van der Waals surface area contributed by atoms with Crippen LogP contribution in [0, 0.1) is 0 Å². The van der Waals surface area contributed by atoms with E-state index in [1.807, 2.05) is 11.9 Å². The molecule has 1 saturated heterocycles. The van der Waals surface area contributed by atoms with Crippen LogP contribution in [-0.4, -0.2) is 52.1 Å². The lowest BCUT2D eigenvalue weighted by molar-refractivity contribution is 0.0696. The second kappa shape index (κ2) is 5.33. The Bertz CT molecular complexity index is 676. The maximum absolute atomic E-state index is 11.5. The molecular formula is C14H18N4O3. The Kier molecular flexibility index (Phi) is 3.50. The summed E-state index contributed by atoms with van der Waals surface area (Å²) in [6, 6.07) is 0.266. The molecule has 0 spiro atoms. The van der Waals surface area contributed by atoms with Crippen molar-refractivity contribution in [2.45, 2.75) is 18.9 Å². The summed E-state index contributed by atoms with van der Waals surface area (Å²) in [4.78, 5) is 17.8. The van der Waals surface area contributed by atoms with Crippen molar-refractivity contribution in [1.82, 2.24) is 14.8 Å². The van der Waals surface area contributed by atoms with E-state index >= 15 is 0 Å². The Labute approximate surface area is 122 Å². The fourth-order valence-electron chi connectivity index (χ4n) is 2.87. The van der Waals surface area contributed by atoms with Crippen molar-refractivity contribution in [2.75, 3.05) is 25.2 Å². The summed E-state index contributed by atoms with van der Waals surface area (Å²) in [5, 5.41) is 14.4. The number of carboxylic acids is 1. The molecule has 0 amide bonds. The Balaban J connectivity index is 2.13. The molecule has 0 radical (unpaired) electrons. The molecule has 7 nitrogen and oxygen atoms in total. The molecular weight excluding hydrogens is 272 g/mol. The first-order valence-corrected chi connectivity index (χ1v) is 6.94. The molecule has 0 saturated carbocycles. The summed E-state index contributed by atoms with van der Waals surface area (Å²) in [6.45, 7) is 1.41. The highest BCUT2D eigenvalue weighted by Gasteiger charge is 2.25. The number of carboxylic acid groups (broad SMARTS) is 1. The van der Waals surface area contributed by atoms with Gasteiger partial charge in [0, 0.05) is 39.5 Å². The van der Waals surface area contributed by atoms with E-state index in [1.54, 1.807) is 17.9 Å². The Hall–Kier alpha value is -2.15. The molecule has 3 heterocycles. The highest BCUT2D eigenvalue weighted by atomic mass is 16.5. The van der Waals surface area contributed by atoms with E-state index in [0.29, 0.717) is 24.5 Å². The van der Waals surface area contributed by atoms with Gasteiger partial charge in [-0.1, -0.05) is 0 Å². The van der Waals surface area contributed by atoms with Crippen molar-refractivity contribution in [2.24, 2.45) is 7.05 Å². The zero-order valence-corrected chi connectivity index (χ0v) is 12.1. The van der Waals surface area contributed by atoms with Crippen LogP contribution >= 0.6 is 0 Å². The molecule has 112 valence electrons. The first-order valence-electron chi connectivity index (χ1n) is 6.94. The van der Waals surface area contributed by atoms with Crippen LogP contribution in [0.1, 0.15) is 23.2 Å². The van der Waals surface area contributed by atoms with Crippen LogP contribution in [0.25, 0.3) is 11.0 Å². The van der Waals surface area contributed by atoms with Gasteiger partial charge < -0.3 is 14.7 Å². The molecule has 1 fully saturated rings.